The number of hydrogen-bond donors (Lipinski definition) is 1. The first-order chi connectivity index (χ1) is 12.1. The monoisotopic (exact) mass is 376 g/mol. The molecule has 1 aliphatic rings. The molecule has 6 nitrogen and oxygen atoms in total. The summed E-state index contributed by atoms with van der Waals surface area (Å²) in [4.78, 5) is 21.3. The van der Waals surface area contributed by atoms with Crippen molar-refractivity contribution in [3.8, 4) is 11.5 Å². The molecule has 0 radical (unpaired) electrons. The zero-order valence-corrected chi connectivity index (χ0v) is 14.9. The third-order valence-corrected chi connectivity index (χ3v) is 4.41. The molecular weight excluding hydrogens is 359 g/mol. The summed E-state index contributed by atoms with van der Waals surface area (Å²) in [5.41, 5.74) is 0.117. The Hall–Kier alpha value is -2.67. The number of pyridine rings is 1. The zero-order valence-electron chi connectivity index (χ0n) is 14.1. The molecule has 1 fully saturated rings. The predicted molar refractivity (Wildman–Crippen MR) is 99.8 cm³/mol. The average molecular weight is 377 g/mol. The number of benzene rings is 1. The van der Waals surface area contributed by atoms with Crippen LogP contribution in [0.5, 0.6) is 11.5 Å². The lowest BCUT2D eigenvalue weighted by molar-refractivity contribution is 0.434. The van der Waals surface area contributed by atoms with Crippen LogP contribution in [0, 0.1) is 5.82 Å². The minimum Gasteiger partial charge on any atom is -0.448 e. The maximum absolute atomic E-state index is 13.8. The minimum atomic E-state index is -0.527. The van der Waals surface area contributed by atoms with Crippen LogP contribution in [0.3, 0.4) is 0 Å². The van der Waals surface area contributed by atoms with E-state index in [0.29, 0.717) is 23.0 Å². The largest absolute Gasteiger partial charge is 0.448 e. The summed E-state index contributed by atoms with van der Waals surface area (Å²) in [5, 5.41) is 3.91. The second-order valence-corrected chi connectivity index (χ2v) is 6.15. The van der Waals surface area contributed by atoms with Crippen molar-refractivity contribution in [1.82, 2.24) is 14.5 Å². The van der Waals surface area contributed by atoms with Gasteiger partial charge in [0.15, 0.2) is 17.3 Å². The van der Waals surface area contributed by atoms with Gasteiger partial charge in [0.1, 0.15) is 5.65 Å². The third kappa shape index (κ3) is 3.35. The van der Waals surface area contributed by atoms with Crippen molar-refractivity contribution in [3.05, 3.63) is 52.7 Å². The van der Waals surface area contributed by atoms with Crippen molar-refractivity contribution in [3.63, 3.8) is 0 Å². The highest BCUT2D eigenvalue weighted by Crippen LogP contribution is 2.25. The number of aromatic nitrogens is 3. The molecule has 0 bridgehead atoms. The van der Waals surface area contributed by atoms with Crippen LogP contribution in [0.2, 0.25) is 0 Å². The van der Waals surface area contributed by atoms with Gasteiger partial charge in [0.2, 0.25) is 5.95 Å². The van der Waals surface area contributed by atoms with E-state index in [1.165, 1.54) is 29.2 Å². The molecule has 1 saturated carbocycles. The number of ether oxygens (including phenoxy) is 1. The molecule has 2 heterocycles. The molecular formula is C18H18ClFN4O2. The van der Waals surface area contributed by atoms with Gasteiger partial charge in [-0.15, -0.1) is 12.4 Å². The fourth-order valence-electron chi connectivity index (χ4n) is 2.74. The first-order valence-corrected chi connectivity index (χ1v) is 8.17. The lowest BCUT2D eigenvalue weighted by atomic mass is 9.93. The van der Waals surface area contributed by atoms with Crippen molar-refractivity contribution < 1.29 is 9.13 Å². The lowest BCUT2D eigenvalue weighted by Crippen LogP contribution is -2.28. The van der Waals surface area contributed by atoms with Gasteiger partial charge in [-0.25, -0.2) is 9.37 Å². The van der Waals surface area contributed by atoms with Crippen molar-refractivity contribution >= 4 is 29.4 Å². The van der Waals surface area contributed by atoms with Crippen LogP contribution < -0.4 is 15.6 Å². The minimum absolute atomic E-state index is 0. The van der Waals surface area contributed by atoms with Gasteiger partial charge in [0, 0.05) is 24.7 Å². The number of anilines is 1. The SMILES string of the molecule is Cl.Cn1c(=O)c(Oc2ccccc2F)cc2cnc(NC3CCC3)nc21. The van der Waals surface area contributed by atoms with Crippen LogP contribution in [-0.4, -0.2) is 20.6 Å². The van der Waals surface area contributed by atoms with Crippen LogP contribution in [-0.2, 0) is 7.05 Å². The van der Waals surface area contributed by atoms with E-state index in [1.807, 2.05) is 0 Å². The van der Waals surface area contributed by atoms with Crippen molar-refractivity contribution in [1.29, 1.82) is 0 Å². The number of nitrogens with zero attached hydrogens (tertiary/aromatic N) is 3. The Labute approximate surface area is 155 Å². The molecule has 1 N–H and O–H groups in total. The third-order valence-electron chi connectivity index (χ3n) is 4.41. The number of nitrogens with one attached hydrogen (secondary N) is 1. The summed E-state index contributed by atoms with van der Waals surface area (Å²) in [6.45, 7) is 0. The Balaban J connectivity index is 0.00000196. The maximum atomic E-state index is 13.8. The van der Waals surface area contributed by atoms with E-state index in [2.05, 4.69) is 15.3 Å². The highest BCUT2D eigenvalue weighted by atomic mass is 35.5. The van der Waals surface area contributed by atoms with Gasteiger partial charge < -0.3 is 10.1 Å². The first kappa shape index (κ1) is 18.1. The summed E-state index contributed by atoms with van der Waals surface area (Å²) in [6.07, 6.45) is 5.06. The van der Waals surface area contributed by atoms with Crippen molar-refractivity contribution in [2.24, 2.45) is 7.05 Å². The maximum Gasteiger partial charge on any atom is 0.294 e. The molecule has 1 aliphatic carbocycles. The molecule has 26 heavy (non-hydrogen) atoms. The van der Waals surface area contributed by atoms with Crippen LogP contribution in [0.1, 0.15) is 19.3 Å². The van der Waals surface area contributed by atoms with Crippen LogP contribution >= 0.6 is 12.4 Å². The predicted octanol–water partition coefficient (Wildman–Crippen LogP) is 3.65. The fourth-order valence-corrected chi connectivity index (χ4v) is 2.74. The Morgan fingerprint density at radius 3 is 2.73 bits per heavy atom. The molecule has 0 unspecified atom stereocenters. The first-order valence-electron chi connectivity index (χ1n) is 8.17. The van der Waals surface area contributed by atoms with E-state index in [1.54, 1.807) is 25.4 Å². The number of halogens is 2. The topological polar surface area (TPSA) is 69.0 Å². The molecule has 0 atom stereocenters. The van der Waals surface area contributed by atoms with E-state index < -0.39 is 5.82 Å². The smallest absolute Gasteiger partial charge is 0.294 e. The quantitative estimate of drug-likeness (QED) is 0.752. The van der Waals surface area contributed by atoms with Gasteiger partial charge in [-0.1, -0.05) is 12.1 Å². The van der Waals surface area contributed by atoms with Crippen LogP contribution in [0.15, 0.2) is 41.3 Å². The Morgan fingerprint density at radius 1 is 1.27 bits per heavy atom. The van der Waals surface area contributed by atoms with E-state index in [4.69, 9.17) is 4.74 Å². The zero-order chi connectivity index (χ0) is 17.4. The van der Waals surface area contributed by atoms with Gasteiger partial charge in [-0.3, -0.25) is 9.36 Å². The molecule has 0 amide bonds. The van der Waals surface area contributed by atoms with Crippen molar-refractivity contribution in [2.75, 3.05) is 5.32 Å². The van der Waals surface area contributed by atoms with E-state index in [0.717, 1.165) is 12.8 Å². The van der Waals surface area contributed by atoms with E-state index in [-0.39, 0.29) is 29.5 Å². The fraction of sp³-hybridized carbons (Fsp3) is 0.278. The number of para-hydroxylation sites is 1. The molecule has 2 aromatic heterocycles. The van der Waals surface area contributed by atoms with Crippen LogP contribution in [0.4, 0.5) is 10.3 Å². The summed E-state index contributed by atoms with van der Waals surface area (Å²) in [6, 6.07) is 7.90. The molecule has 0 spiro atoms. The van der Waals surface area contributed by atoms with Gasteiger partial charge in [0.25, 0.3) is 5.56 Å². The molecule has 8 heteroatoms. The summed E-state index contributed by atoms with van der Waals surface area (Å²) >= 11 is 0. The molecule has 4 rings (SSSR count). The summed E-state index contributed by atoms with van der Waals surface area (Å²) in [5.74, 6) is 0.0162. The standard InChI is InChI=1S/C18H17FN4O2.ClH/c1-23-16-11(10-20-18(22-16)21-12-5-4-6-12)9-15(17(23)24)25-14-8-3-2-7-13(14)19;/h2-3,7-10,12H,4-6H2,1H3,(H,20,21,22);1H. The van der Waals surface area contributed by atoms with Gasteiger partial charge in [-0.2, -0.15) is 4.98 Å². The summed E-state index contributed by atoms with van der Waals surface area (Å²) in [7, 11) is 1.61. The molecule has 3 aromatic rings. The number of rotatable bonds is 4. The number of fused-ring (bicyclic) bond motifs is 1. The average Bonchev–Trinajstić information content (AvgIpc) is 2.58. The summed E-state index contributed by atoms with van der Waals surface area (Å²) < 4.78 is 20.6. The van der Waals surface area contributed by atoms with E-state index in [9.17, 15) is 9.18 Å². The lowest BCUT2D eigenvalue weighted by Gasteiger charge is -2.26. The number of aryl methyl sites for hydroxylation is 1. The Morgan fingerprint density at radius 2 is 2.04 bits per heavy atom. The second-order valence-electron chi connectivity index (χ2n) is 6.15. The van der Waals surface area contributed by atoms with Gasteiger partial charge in [-0.05, 0) is 37.5 Å². The van der Waals surface area contributed by atoms with Crippen molar-refractivity contribution in [2.45, 2.75) is 25.3 Å². The van der Waals surface area contributed by atoms with Gasteiger partial charge in [0.05, 0.1) is 0 Å². The van der Waals surface area contributed by atoms with Crippen LogP contribution in [0.25, 0.3) is 11.0 Å². The van der Waals surface area contributed by atoms with Gasteiger partial charge >= 0.3 is 0 Å². The van der Waals surface area contributed by atoms with E-state index >= 15 is 0 Å². The highest BCUT2D eigenvalue weighted by Gasteiger charge is 2.19. The number of hydrogen-bond acceptors (Lipinski definition) is 5. The highest BCUT2D eigenvalue weighted by molar-refractivity contribution is 5.85. The second kappa shape index (κ2) is 7.29. The Kier molecular flexibility index (Phi) is 5.08. The molecule has 1 aromatic carbocycles. The molecule has 136 valence electrons. The normalized spacial score (nSPS) is 13.8. The Bertz CT molecular complexity index is 1000. The molecule has 0 saturated heterocycles. The molecule has 0 aliphatic heterocycles.